The second-order valence-electron chi connectivity index (χ2n) is 9.58. The summed E-state index contributed by atoms with van der Waals surface area (Å²) in [6, 6.07) is 3.48. The molecule has 180 valence electrons. The van der Waals surface area contributed by atoms with Crippen LogP contribution in [0.3, 0.4) is 0 Å². The fraction of sp³-hybridized carbons (Fsp3) is 0.522. The van der Waals surface area contributed by atoms with E-state index in [0.29, 0.717) is 24.8 Å². The lowest BCUT2D eigenvalue weighted by Gasteiger charge is -2.37. The number of nitrogens with one attached hydrogen (secondary N) is 3. The number of nitrogens with zero attached hydrogens (tertiary/aromatic N) is 1. The Kier molecular flexibility index (Phi) is 7.21. The van der Waals surface area contributed by atoms with Crippen molar-refractivity contribution in [2.45, 2.75) is 57.7 Å². The van der Waals surface area contributed by atoms with Crippen LogP contribution in [-0.2, 0) is 9.53 Å². The van der Waals surface area contributed by atoms with Crippen LogP contribution >= 0.6 is 11.6 Å². The molecule has 0 spiro atoms. The first-order valence-electron chi connectivity index (χ1n) is 10.8. The Bertz CT molecular complexity index is 1060. The third kappa shape index (κ3) is 5.96. The van der Waals surface area contributed by atoms with Crippen LogP contribution in [-0.4, -0.2) is 59.6 Å². The fourth-order valence-electron chi connectivity index (χ4n) is 4.06. The van der Waals surface area contributed by atoms with Crippen molar-refractivity contribution >= 4 is 40.4 Å². The SMILES string of the molecule is CN(C)C(=O)[C@H]1CC[C@H](NC(=O)c2cc3c(F)c(Cl)ccc3[nH]2)[C@H](NC(=O)OC(C)(C)C)C1. The van der Waals surface area contributed by atoms with Crippen molar-refractivity contribution in [3.05, 3.63) is 34.7 Å². The summed E-state index contributed by atoms with van der Waals surface area (Å²) in [5.41, 5.74) is -0.0640. The average molecular weight is 481 g/mol. The van der Waals surface area contributed by atoms with E-state index in [0.717, 1.165) is 0 Å². The second kappa shape index (κ2) is 9.59. The zero-order chi connectivity index (χ0) is 24.5. The molecule has 1 aliphatic rings. The molecule has 1 aromatic carbocycles. The van der Waals surface area contributed by atoms with Crippen molar-refractivity contribution in [2.24, 2.45) is 5.92 Å². The summed E-state index contributed by atoms with van der Waals surface area (Å²) in [6.45, 7) is 5.27. The van der Waals surface area contributed by atoms with E-state index in [1.165, 1.54) is 17.0 Å². The minimum Gasteiger partial charge on any atom is -0.444 e. The molecule has 0 saturated heterocycles. The van der Waals surface area contributed by atoms with Crippen LogP contribution in [0.4, 0.5) is 9.18 Å². The molecule has 1 aliphatic carbocycles. The molecule has 1 fully saturated rings. The number of ether oxygens (including phenoxy) is 1. The molecule has 3 amide bonds. The summed E-state index contributed by atoms with van der Waals surface area (Å²) in [5.74, 6) is -1.35. The molecule has 33 heavy (non-hydrogen) atoms. The van der Waals surface area contributed by atoms with Crippen LogP contribution in [0.1, 0.15) is 50.5 Å². The van der Waals surface area contributed by atoms with Crippen LogP contribution in [0.25, 0.3) is 10.9 Å². The zero-order valence-electron chi connectivity index (χ0n) is 19.4. The van der Waals surface area contributed by atoms with Gasteiger partial charge >= 0.3 is 6.09 Å². The minimum atomic E-state index is -0.688. The molecule has 1 heterocycles. The molecule has 0 unspecified atom stereocenters. The minimum absolute atomic E-state index is 0.0287. The van der Waals surface area contributed by atoms with Gasteiger partial charge in [-0.25, -0.2) is 9.18 Å². The number of aromatic nitrogens is 1. The average Bonchev–Trinajstić information content (AvgIpc) is 3.15. The number of fused-ring (bicyclic) bond motifs is 1. The largest absolute Gasteiger partial charge is 0.444 e. The van der Waals surface area contributed by atoms with Crippen LogP contribution in [0, 0.1) is 11.7 Å². The van der Waals surface area contributed by atoms with Gasteiger partial charge in [0.05, 0.1) is 11.1 Å². The third-order valence-corrected chi connectivity index (χ3v) is 5.89. The van der Waals surface area contributed by atoms with Gasteiger partial charge < -0.3 is 25.3 Å². The van der Waals surface area contributed by atoms with Crippen LogP contribution in [0.2, 0.25) is 5.02 Å². The van der Waals surface area contributed by atoms with Crippen molar-refractivity contribution < 1.29 is 23.5 Å². The highest BCUT2D eigenvalue weighted by Crippen LogP contribution is 2.28. The van der Waals surface area contributed by atoms with E-state index < -0.39 is 35.5 Å². The van der Waals surface area contributed by atoms with E-state index in [4.69, 9.17) is 16.3 Å². The van der Waals surface area contributed by atoms with Crippen molar-refractivity contribution in [3.8, 4) is 0 Å². The van der Waals surface area contributed by atoms with Crippen molar-refractivity contribution in [3.63, 3.8) is 0 Å². The molecule has 2 aromatic rings. The van der Waals surface area contributed by atoms with E-state index in [9.17, 15) is 18.8 Å². The quantitative estimate of drug-likeness (QED) is 0.618. The van der Waals surface area contributed by atoms with Gasteiger partial charge in [0.15, 0.2) is 5.82 Å². The Labute approximate surface area is 197 Å². The highest BCUT2D eigenvalue weighted by atomic mass is 35.5. The second-order valence-corrected chi connectivity index (χ2v) is 9.99. The van der Waals surface area contributed by atoms with Crippen LogP contribution in [0.15, 0.2) is 18.2 Å². The summed E-state index contributed by atoms with van der Waals surface area (Å²) in [5, 5.41) is 5.92. The number of benzene rings is 1. The van der Waals surface area contributed by atoms with E-state index in [-0.39, 0.29) is 27.9 Å². The Hall–Kier alpha value is -2.81. The number of H-pyrrole nitrogens is 1. The molecule has 10 heteroatoms. The molecule has 3 rings (SSSR count). The normalized spacial score (nSPS) is 20.9. The van der Waals surface area contributed by atoms with Gasteiger partial charge in [-0.2, -0.15) is 0 Å². The smallest absolute Gasteiger partial charge is 0.407 e. The molecular formula is C23H30ClFN4O4. The maximum Gasteiger partial charge on any atom is 0.407 e. The number of amides is 3. The van der Waals surface area contributed by atoms with Gasteiger partial charge in [-0.1, -0.05) is 11.6 Å². The van der Waals surface area contributed by atoms with Gasteiger partial charge in [0.1, 0.15) is 11.3 Å². The van der Waals surface area contributed by atoms with E-state index in [2.05, 4.69) is 15.6 Å². The van der Waals surface area contributed by atoms with E-state index in [1.807, 2.05) is 0 Å². The van der Waals surface area contributed by atoms with Gasteiger partial charge in [0.2, 0.25) is 5.91 Å². The first-order chi connectivity index (χ1) is 15.4. The summed E-state index contributed by atoms with van der Waals surface area (Å²) in [4.78, 5) is 42.3. The van der Waals surface area contributed by atoms with E-state index >= 15 is 0 Å². The highest BCUT2D eigenvalue weighted by molar-refractivity contribution is 6.31. The van der Waals surface area contributed by atoms with Gasteiger partial charge in [-0.05, 0) is 58.2 Å². The summed E-state index contributed by atoms with van der Waals surface area (Å²) in [6.07, 6.45) is 0.785. The predicted octanol–water partition coefficient (Wildman–Crippen LogP) is 3.84. The number of carbonyl (C=O) groups excluding carboxylic acids is 3. The maximum absolute atomic E-state index is 14.3. The van der Waals surface area contributed by atoms with Gasteiger partial charge in [-0.3, -0.25) is 9.59 Å². The molecular weight excluding hydrogens is 451 g/mol. The number of hydrogen-bond donors (Lipinski definition) is 3. The summed E-state index contributed by atoms with van der Waals surface area (Å²) >= 11 is 5.83. The van der Waals surface area contributed by atoms with Crippen molar-refractivity contribution in [2.75, 3.05) is 14.1 Å². The van der Waals surface area contributed by atoms with Crippen molar-refractivity contribution in [1.82, 2.24) is 20.5 Å². The number of aromatic amines is 1. The van der Waals surface area contributed by atoms with Crippen molar-refractivity contribution in [1.29, 1.82) is 0 Å². The molecule has 0 aliphatic heterocycles. The third-order valence-electron chi connectivity index (χ3n) is 5.59. The predicted molar refractivity (Wildman–Crippen MR) is 124 cm³/mol. The summed E-state index contributed by atoms with van der Waals surface area (Å²) in [7, 11) is 3.38. The number of rotatable bonds is 4. The Balaban J connectivity index is 1.78. The number of halogens is 2. The highest BCUT2D eigenvalue weighted by Gasteiger charge is 2.37. The zero-order valence-corrected chi connectivity index (χ0v) is 20.2. The fourth-order valence-corrected chi connectivity index (χ4v) is 4.23. The summed E-state index contributed by atoms with van der Waals surface area (Å²) < 4.78 is 19.6. The topological polar surface area (TPSA) is 104 Å². The van der Waals surface area contributed by atoms with Gasteiger partial charge in [0.25, 0.3) is 5.91 Å². The standard InChI is InChI=1S/C23H30ClFN4O4/c1-23(2,3)33-22(32)28-17-10-12(21(31)29(4)5)6-8-16(17)27-20(30)18-11-13-15(26-18)9-7-14(24)19(13)25/h7,9,11-12,16-17,26H,6,8,10H2,1-5H3,(H,27,30)(H,28,32)/t12-,16-,17+/m0/s1. The molecule has 1 aromatic heterocycles. The lowest BCUT2D eigenvalue weighted by atomic mass is 9.81. The molecule has 3 N–H and O–H groups in total. The Morgan fingerprint density at radius 2 is 1.85 bits per heavy atom. The Morgan fingerprint density at radius 1 is 1.15 bits per heavy atom. The van der Waals surface area contributed by atoms with Gasteiger partial charge in [-0.15, -0.1) is 0 Å². The van der Waals surface area contributed by atoms with Crippen LogP contribution < -0.4 is 10.6 Å². The first kappa shape index (κ1) is 24.8. The molecule has 1 saturated carbocycles. The lowest BCUT2D eigenvalue weighted by molar-refractivity contribution is -0.134. The van der Waals surface area contributed by atoms with E-state index in [1.54, 1.807) is 40.9 Å². The lowest BCUT2D eigenvalue weighted by Crippen LogP contribution is -2.56. The number of carbonyl (C=O) groups is 3. The molecule has 0 radical (unpaired) electrons. The number of alkyl carbamates (subject to hydrolysis) is 1. The van der Waals surface area contributed by atoms with Gasteiger partial charge in [0, 0.05) is 37.0 Å². The molecule has 0 bridgehead atoms. The maximum atomic E-state index is 14.3. The van der Waals surface area contributed by atoms with Crippen LogP contribution in [0.5, 0.6) is 0 Å². The Morgan fingerprint density at radius 3 is 2.48 bits per heavy atom. The molecule has 8 nitrogen and oxygen atoms in total. The first-order valence-corrected chi connectivity index (χ1v) is 11.2. The number of hydrogen-bond acceptors (Lipinski definition) is 4. The monoisotopic (exact) mass is 480 g/mol. The molecule has 3 atom stereocenters.